The second kappa shape index (κ2) is 5.61. The summed E-state index contributed by atoms with van der Waals surface area (Å²) in [5, 5.41) is 17.2. The van der Waals surface area contributed by atoms with Crippen LogP contribution in [0.25, 0.3) is 5.69 Å². The molecule has 1 aromatic heterocycles. The molecule has 3 rings (SSSR count). The summed E-state index contributed by atoms with van der Waals surface area (Å²) in [5.74, 6) is -0.530. The van der Waals surface area contributed by atoms with E-state index < -0.39 is 0 Å². The molecule has 6 nitrogen and oxygen atoms in total. The molecule has 1 amide bonds. The van der Waals surface area contributed by atoms with Gasteiger partial charge in [-0.1, -0.05) is 5.21 Å². The summed E-state index contributed by atoms with van der Waals surface area (Å²) < 4.78 is 14.3. The lowest BCUT2D eigenvalue weighted by molar-refractivity contribution is 0.0541. The number of amides is 1. The van der Waals surface area contributed by atoms with Crippen molar-refractivity contribution in [2.45, 2.75) is 18.9 Å². The Labute approximate surface area is 120 Å². The number of piperidine rings is 1. The molecule has 21 heavy (non-hydrogen) atoms. The van der Waals surface area contributed by atoms with Crippen molar-refractivity contribution in [3.05, 3.63) is 42.0 Å². The third-order valence-electron chi connectivity index (χ3n) is 3.56. The number of likely N-dealkylation sites (tertiary alicyclic amines) is 1. The predicted octanol–water partition coefficient (Wildman–Crippen LogP) is 1.00. The molecule has 0 bridgehead atoms. The first-order chi connectivity index (χ1) is 10.1. The van der Waals surface area contributed by atoms with Crippen LogP contribution in [0.1, 0.15) is 23.3 Å². The van der Waals surface area contributed by atoms with Crippen LogP contribution in [0.4, 0.5) is 4.39 Å². The summed E-state index contributed by atoms with van der Waals surface area (Å²) >= 11 is 0. The van der Waals surface area contributed by atoms with E-state index in [1.54, 1.807) is 17.0 Å². The standard InChI is InChI=1S/C14H15FN4O2/c15-10-1-3-11(4-2-10)19-9-13(16-17-19)14(21)18-7-5-12(20)6-8-18/h1-4,9,12,20H,5-8H2. The SMILES string of the molecule is O=C(c1cn(-c2ccc(F)cc2)nn1)N1CCC(O)CC1. The fraction of sp³-hybridized carbons (Fsp3) is 0.357. The normalized spacial score (nSPS) is 16.2. The van der Waals surface area contributed by atoms with Crippen molar-refractivity contribution in [3.8, 4) is 5.69 Å². The van der Waals surface area contributed by atoms with Gasteiger partial charge in [0.1, 0.15) is 5.82 Å². The van der Waals surface area contributed by atoms with Gasteiger partial charge in [-0.15, -0.1) is 5.10 Å². The number of aliphatic hydroxyl groups excluding tert-OH is 1. The summed E-state index contributed by atoms with van der Waals surface area (Å²) in [5.41, 5.74) is 0.882. The third kappa shape index (κ3) is 2.92. The number of halogens is 1. The van der Waals surface area contributed by atoms with Gasteiger partial charge in [-0.2, -0.15) is 0 Å². The zero-order valence-electron chi connectivity index (χ0n) is 11.3. The van der Waals surface area contributed by atoms with E-state index in [0.29, 0.717) is 31.6 Å². The van der Waals surface area contributed by atoms with Crippen LogP contribution in [0.3, 0.4) is 0 Å². The van der Waals surface area contributed by atoms with Gasteiger partial charge in [0.05, 0.1) is 18.0 Å². The molecule has 110 valence electrons. The van der Waals surface area contributed by atoms with E-state index in [2.05, 4.69) is 10.3 Å². The maximum absolute atomic E-state index is 12.9. The quantitative estimate of drug-likeness (QED) is 0.896. The Bertz CT molecular complexity index is 633. The Balaban J connectivity index is 1.75. The minimum atomic E-state index is -0.331. The van der Waals surface area contributed by atoms with Gasteiger partial charge in [-0.05, 0) is 37.1 Å². The first-order valence-electron chi connectivity index (χ1n) is 6.79. The monoisotopic (exact) mass is 290 g/mol. The van der Waals surface area contributed by atoms with Gasteiger partial charge in [0.25, 0.3) is 5.91 Å². The molecule has 1 aliphatic rings. The number of benzene rings is 1. The van der Waals surface area contributed by atoms with Crippen molar-refractivity contribution in [3.63, 3.8) is 0 Å². The molecule has 0 radical (unpaired) electrons. The van der Waals surface area contributed by atoms with E-state index >= 15 is 0 Å². The van der Waals surface area contributed by atoms with E-state index in [-0.39, 0.29) is 23.5 Å². The second-order valence-corrected chi connectivity index (χ2v) is 5.05. The number of nitrogens with zero attached hydrogens (tertiary/aromatic N) is 4. The van der Waals surface area contributed by atoms with Crippen LogP contribution in [-0.2, 0) is 0 Å². The highest BCUT2D eigenvalue weighted by atomic mass is 19.1. The number of hydrogen-bond acceptors (Lipinski definition) is 4. The van der Waals surface area contributed by atoms with Gasteiger partial charge >= 0.3 is 0 Å². The summed E-state index contributed by atoms with van der Waals surface area (Å²) in [7, 11) is 0. The lowest BCUT2D eigenvalue weighted by Crippen LogP contribution is -2.40. The van der Waals surface area contributed by atoms with Gasteiger partial charge in [0.15, 0.2) is 5.69 Å². The van der Waals surface area contributed by atoms with Gasteiger partial charge in [-0.3, -0.25) is 4.79 Å². The van der Waals surface area contributed by atoms with Crippen molar-refractivity contribution in [2.75, 3.05) is 13.1 Å². The number of aliphatic hydroxyl groups is 1. The van der Waals surface area contributed by atoms with Crippen LogP contribution in [0.2, 0.25) is 0 Å². The van der Waals surface area contributed by atoms with Crippen LogP contribution in [0.5, 0.6) is 0 Å². The topological polar surface area (TPSA) is 71.2 Å². The molecule has 2 aromatic rings. The van der Waals surface area contributed by atoms with Crippen LogP contribution >= 0.6 is 0 Å². The number of rotatable bonds is 2. The molecular formula is C14H15FN4O2. The predicted molar refractivity (Wildman–Crippen MR) is 72.5 cm³/mol. The minimum Gasteiger partial charge on any atom is -0.393 e. The fourth-order valence-electron chi connectivity index (χ4n) is 2.31. The van der Waals surface area contributed by atoms with Crippen molar-refractivity contribution in [1.29, 1.82) is 0 Å². The van der Waals surface area contributed by atoms with Crippen molar-refractivity contribution < 1.29 is 14.3 Å². The zero-order chi connectivity index (χ0) is 14.8. The molecule has 1 aromatic carbocycles. The van der Waals surface area contributed by atoms with Gasteiger partial charge in [0.2, 0.25) is 0 Å². The highest BCUT2D eigenvalue weighted by Crippen LogP contribution is 2.14. The molecule has 1 N–H and O–H groups in total. The van der Waals surface area contributed by atoms with E-state index in [4.69, 9.17) is 0 Å². The Morgan fingerprint density at radius 1 is 1.24 bits per heavy atom. The van der Waals surface area contributed by atoms with Crippen LogP contribution in [0, 0.1) is 5.82 Å². The summed E-state index contributed by atoms with van der Waals surface area (Å²) in [6.45, 7) is 1.03. The average Bonchev–Trinajstić information content (AvgIpc) is 2.98. The Morgan fingerprint density at radius 2 is 1.90 bits per heavy atom. The molecule has 1 aliphatic heterocycles. The lowest BCUT2D eigenvalue weighted by Gasteiger charge is -2.28. The molecular weight excluding hydrogens is 275 g/mol. The number of carbonyl (C=O) groups excluding carboxylic acids is 1. The van der Waals surface area contributed by atoms with Crippen molar-refractivity contribution in [2.24, 2.45) is 0 Å². The van der Waals surface area contributed by atoms with E-state index in [1.807, 2.05) is 0 Å². The van der Waals surface area contributed by atoms with Gasteiger partial charge < -0.3 is 10.0 Å². The van der Waals surface area contributed by atoms with Crippen LogP contribution in [-0.4, -0.2) is 50.1 Å². The number of carbonyl (C=O) groups is 1. The number of aromatic nitrogens is 3. The molecule has 7 heteroatoms. The average molecular weight is 290 g/mol. The van der Waals surface area contributed by atoms with E-state index in [0.717, 1.165) is 0 Å². The summed E-state index contributed by atoms with van der Waals surface area (Å²) in [4.78, 5) is 13.9. The van der Waals surface area contributed by atoms with E-state index in [9.17, 15) is 14.3 Å². The molecule has 0 atom stereocenters. The Hall–Kier alpha value is -2.28. The van der Waals surface area contributed by atoms with E-state index in [1.165, 1.54) is 23.0 Å². The largest absolute Gasteiger partial charge is 0.393 e. The maximum atomic E-state index is 12.9. The maximum Gasteiger partial charge on any atom is 0.276 e. The molecule has 0 aliphatic carbocycles. The lowest BCUT2D eigenvalue weighted by atomic mass is 10.1. The summed E-state index contributed by atoms with van der Waals surface area (Å²) in [6, 6.07) is 5.78. The zero-order valence-corrected chi connectivity index (χ0v) is 11.3. The first-order valence-corrected chi connectivity index (χ1v) is 6.79. The molecule has 1 fully saturated rings. The molecule has 0 spiro atoms. The highest BCUT2D eigenvalue weighted by molar-refractivity contribution is 5.92. The van der Waals surface area contributed by atoms with Gasteiger partial charge in [-0.25, -0.2) is 9.07 Å². The summed E-state index contributed by atoms with van der Waals surface area (Å²) in [6.07, 6.45) is 2.36. The number of hydrogen-bond donors (Lipinski definition) is 1. The first kappa shape index (κ1) is 13.7. The van der Waals surface area contributed by atoms with Crippen molar-refractivity contribution >= 4 is 5.91 Å². The Kier molecular flexibility index (Phi) is 3.66. The van der Waals surface area contributed by atoms with Crippen LogP contribution in [0.15, 0.2) is 30.5 Å². The third-order valence-corrected chi connectivity index (χ3v) is 3.56. The second-order valence-electron chi connectivity index (χ2n) is 5.05. The fourth-order valence-corrected chi connectivity index (χ4v) is 2.31. The Morgan fingerprint density at radius 3 is 2.57 bits per heavy atom. The van der Waals surface area contributed by atoms with Gasteiger partial charge in [0, 0.05) is 13.1 Å². The highest BCUT2D eigenvalue weighted by Gasteiger charge is 2.24. The smallest absolute Gasteiger partial charge is 0.276 e. The van der Waals surface area contributed by atoms with Crippen molar-refractivity contribution in [1.82, 2.24) is 19.9 Å². The molecule has 0 saturated carbocycles. The van der Waals surface area contributed by atoms with Crippen LogP contribution < -0.4 is 0 Å². The molecule has 2 heterocycles. The molecule has 0 unspecified atom stereocenters. The molecule has 1 saturated heterocycles. The minimum absolute atomic E-state index is 0.199.